The molecule has 2 aromatic heterocycles. The summed E-state index contributed by atoms with van der Waals surface area (Å²) in [6, 6.07) is 0. The number of nitrogens with zero attached hydrogens (tertiary/aromatic N) is 3. The number of likely N-dealkylation sites (tertiary alicyclic amines) is 1. The summed E-state index contributed by atoms with van der Waals surface area (Å²) >= 11 is 1.30. The van der Waals surface area contributed by atoms with Crippen LogP contribution in [-0.2, 0) is 11.3 Å². The first-order chi connectivity index (χ1) is 11.2. The minimum absolute atomic E-state index is 0.156. The number of carbonyl (C=O) groups excluding carboxylic acids is 1. The Morgan fingerprint density at radius 2 is 2.09 bits per heavy atom. The molecule has 0 aromatic carbocycles. The maximum absolute atomic E-state index is 12.7. The lowest BCUT2D eigenvalue weighted by molar-refractivity contribution is 0.0529. The molecule has 124 valence electrons. The molecular formula is C16H21N3O3S. The number of ether oxygens (including phenoxy) is 1. The lowest BCUT2D eigenvalue weighted by atomic mass is 10.1. The van der Waals surface area contributed by atoms with Gasteiger partial charge >= 0.3 is 5.97 Å². The molecule has 0 saturated carbocycles. The zero-order valence-corrected chi connectivity index (χ0v) is 14.1. The first kappa shape index (κ1) is 16.1. The molecule has 0 spiro atoms. The molecule has 3 rings (SSSR count). The van der Waals surface area contributed by atoms with Crippen LogP contribution in [0.5, 0.6) is 0 Å². The fourth-order valence-electron chi connectivity index (χ4n) is 2.92. The van der Waals surface area contributed by atoms with Gasteiger partial charge in [-0.2, -0.15) is 0 Å². The molecule has 7 heteroatoms. The Morgan fingerprint density at radius 1 is 1.30 bits per heavy atom. The fraction of sp³-hybridized carbons (Fsp3) is 0.562. The molecule has 0 amide bonds. The quantitative estimate of drug-likeness (QED) is 0.783. The first-order valence-corrected chi connectivity index (χ1v) is 8.94. The van der Waals surface area contributed by atoms with Gasteiger partial charge < -0.3 is 9.64 Å². The smallest absolute Gasteiger partial charge is 0.339 e. The summed E-state index contributed by atoms with van der Waals surface area (Å²) in [6.07, 6.45) is 5.33. The first-order valence-electron chi connectivity index (χ1n) is 8.07. The molecule has 2 aromatic rings. The van der Waals surface area contributed by atoms with Gasteiger partial charge in [0.1, 0.15) is 4.83 Å². The number of hydrogen-bond donors (Lipinski definition) is 0. The van der Waals surface area contributed by atoms with Crippen molar-refractivity contribution in [2.24, 2.45) is 0 Å². The molecular weight excluding hydrogens is 314 g/mol. The van der Waals surface area contributed by atoms with Crippen molar-refractivity contribution >= 4 is 27.5 Å². The highest BCUT2D eigenvalue weighted by molar-refractivity contribution is 7.17. The van der Waals surface area contributed by atoms with Crippen LogP contribution in [0, 0.1) is 0 Å². The zero-order chi connectivity index (χ0) is 16.2. The lowest BCUT2D eigenvalue weighted by Gasteiger charge is -2.26. The van der Waals surface area contributed by atoms with Gasteiger partial charge in [0.25, 0.3) is 5.56 Å². The van der Waals surface area contributed by atoms with Crippen LogP contribution in [0.25, 0.3) is 10.2 Å². The van der Waals surface area contributed by atoms with Crippen LogP contribution < -0.4 is 5.56 Å². The van der Waals surface area contributed by atoms with Crippen molar-refractivity contribution < 1.29 is 9.53 Å². The summed E-state index contributed by atoms with van der Waals surface area (Å²) < 4.78 is 6.63. The molecule has 23 heavy (non-hydrogen) atoms. The molecule has 0 unspecified atom stereocenters. The summed E-state index contributed by atoms with van der Waals surface area (Å²) in [5, 5.41) is 2.04. The van der Waals surface area contributed by atoms with E-state index in [1.807, 2.05) is 0 Å². The Kier molecular flexibility index (Phi) is 5.07. The predicted octanol–water partition coefficient (Wildman–Crippen LogP) is 2.12. The van der Waals surface area contributed by atoms with E-state index in [9.17, 15) is 9.59 Å². The standard InChI is InChI=1S/C16H21N3O3S/c1-2-22-16(21)12-10-23-14-13(12)15(20)19(11-17-14)9-8-18-6-4-3-5-7-18/h10-11H,2-9H2,1H3. The highest BCUT2D eigenvalue weighted by Crippen LogP contribution is 2.21. The third-order valence-electron chi connectivity index (χ3n) is 4.16. The minimum Gasteiger partial charge on any atom is -0.462 e. The third-order valence-corrected chi connectivity index (χ3v) is 5.05. The Hall–Kier alpha value is -1.73. The molecule has 0 N–H and O–H groups in total. The molecule has 0 radical (unpaired) electrons. The number of piperidine rings is 1. The Bertz CT molecular complexity index is 747. The van der Waals surface area contributed by atoms with Gasteiger partial charge in [-0.15, -0.1) is 11.3 Å². The van der Waals surface area contributed by atoms with E-state index in [1.54, 1.807) is 23.2 Å². The number of thiophene rings is 1. The number of fused-ring (bicyclic) bond motifs is 1. The number of esters is 1. The second-order valence-electron chi connectivity index (χ2n) is 5.70. The Balaban J connectivity index is 1.84. The molecule has 1 aliphatic rings. The predicted molar refractivity (Wildman–Crippen MR) is 90.1 cm³/mol. The van der Waals surface area contributed by atoms with E-state index in [2.05, 4.69) is 9.88 Å². The van der Waals surface area contributed by atoms with Crippen LogP contribution in [-0.4, -0.2) is 46.7 Å². The minimum atomic E-state index is -0.452. The number of carbonyl (C=O) groups is 1. The number of aromatic nitrogens is 2. The van der Waals surface area contributed by atoms with Gasteiger partial charge in [0, 0.05) is 18.5 Å². The van der Waals surface area contributed by atoms with Gasteiger partial charge in [-0.1, -0.05) is 6.42 Å². The maximum Gasteiger partial charge on any atom is 0.339 e. The highest BCUT2D eigenvalue weighted by atomic mass is 32.1. The SMILES string of the molecule is CCOC(=O)c1csc2ncn(CCN3CCCCC3)c(=O)c12. The van der Waals surface area contributed by atoms with Crippen LogP contribution in [0.4, 0.5) is 0 Å². The van der Waals surface area contributed by atoms with E-state index in [1.165, 1.54) is 30.6 Å². The average molecular weight is 335 g/mol. The second-order valence-corrected chi connectivity index (χ2v) is 6.55. The lowest BCUT2D eigenvalue weighted by Crippen LogP contribution is -2.34. The highest BCUT2D eigenvalue weighted by Gasteiger charge is 2.18. The van der Waals surface area contributed by atoms with Gasteiger partial charge in [0.05, 0.1) is 23.9 Å². The molecule has 3 heterocycles. The molecule has 1 fully saturated rings. The van der Waals surface area contributed by atoms with Crippen LogP contribution >= 0.6 is 11.3 Å². The van der Waals surface area contributed by atoms with Crippen LogP contribution in [0.15, 0.2) is 16.5 Å². The largest absolute Gasteiger partial charge is 0.462 e. The number of hydrogen-bond acceptors (Lipinski definition) is 6. The van der Waals surface area contributed by atoms with E-state index in [-0.39, 0.29) is 5.56 Å². The Labute approximate surface area is 138 Å². The Morgan fingerprint density at radius 3 is 2.83 bits per heavy atom. The van der Waals surface area contributed by atoms with Crippen LogP contribution in [0.2, 0.25) is 0 Å². The van der Waals surface area contributed by atoms with Crippen molar-refractivity contribution in [3.8, 4) is 0 Å². The van der Waals surface area contributed by atoms with E-state index in [4.69, 9.17) is 4.74 Å². The molecule has 0 atom stereocenters. The average Bonchev–Trinajstić information content (AvgIpc) is 3.00. The van der Waals surface area contributed by atoms with Crippen molar-refractivity contribution in [1.29, 1.82) is 0 Å². The van der Waals surface area contributed by atoms with Crippen LogP contribution in [0.1, 0.15) is 36.5 Å². The van der Waals surface area contributed by atoms with E-state index in [0.29, 0.717) is 28.9 Å². The second kappa shape index (κ2) is 7.23. The topological polar surface area (TPSA) is 64.4 Å². The normalized spacial score (nSPS) is 15.9. The summed E-state index contributed by atoms with van der Waals surface area (Å²) in [5.41, 5.74) is 0.174. The van der Waals surface area contributed by atoms with Gasteiger partial charge in [0.15, 0.2) is 0 Å². The van der Waals surface area contributed by atoms with Crippen molar-refractivity contribution in [2.45, 2.75) is 32.7 Å². The van der Waals surface area contributed by atoms with E-state index in [0.717, 1.165) is 19.6 Å². The fourth-order valence-corrected chi connectivity index (χ4v) is 3.78. The summed E-state index contributed by atoms with van der Waals surface area (Å²) in [4.78, 5) is 32.0. The zero-order valence-electron chi connectivity index (χ0n) is 13.3. The van der Waals surface area contributed by atoms with E-state index < -0.39 is 5.97 Å². The van der Waals surface area contributed by atoms with Gasteiger partial charge in [-0.05, 0) is 32.9 Å². The van der Waals surface area contributed by atoms with Crippen molar-refractivity contribution in [1.82, 2.24) is 14.5 Å². The van der Waals surface area contributed by atoms with E-state index >= 15 is 0 Å². The number of rotatable bonds is 5. The molecule has 0 aliphatic carbocycles. The summed E-state index contributed by atoms with van der Waals surface area (Å²) in [6.45, 7) is 5.67. The van der Waals surface area contributed by atoms with Gasteiger partial charge in [-0.3, -0.25) is 9.36 Å². The molecule has 1 aliphatic heterocycles. The molecule has 1 saturated heterocycles. The van der Waals surface area contributed by atoms with Crippen molar-refractivity contribution in [2.75, 3.05) is 26.2 Å². The monoisotopic (exact) mass is 335 g/mol. The maximum atomic E-state index is 12.7. The molecule has 0 bridgehead atoms. The third kappa shape index (κ3) is 3.45. The van der Waals surface area contributed by atoms with Crippen molar-refractivity contribution in [3.05, 3.63) is 27.6 Å². The van der Waals surface area contributed by atoms with Gasteiger partial charge in [-0.25, -0.2) is 9.78 Å². The van der Waals surface area contributed by atoms with Crippen LogP contribution in [0.3, 0.4) is 0 Å². The molecule has 6 nitrogen and oxygen atoms in total. The van der Waals surface area contributed by atoms with Crippen molar-refractivity contribution in [3.63, 3.8) is 0 Å². The summed E-state index contributed by atoms with van der Waals surface area (Å²) in [7, 11) is 0. The summed E-state index contributed by atoms with van der Waals surface area (Å²) in [5.74, 6) is -0.452. The van der Waals surface area contributed by atoms with Gasteiger partial charge in [0.2, 0.25) is 0 Å².